The fourth-order valence-electron chi connectivity index (χ4n) is 1.85. The smallest absolute Gasteiger partial charge is 0.324 e. The lowest BCUT2D eigenvalue weighted by molar-refractivity contribution is -0.116. The molecule has 0 fully saturated rings. The fraction of sp³-hybridized carbons (Fsp3) is 0.286. The van der Waals surface area contributed by atoms with Crippen LogP contribution in [0.1, 0.15) is 19.9 Å². The molecule has 0 unspecified atom stereocenters. The summed E-state index contributed by atoms with van der Waals surface area (Å²) in [4.78, 5) is 24.0. The molecule has 0 saturated heterocycles. The molecule has 0 aliphatic heterocycles. The van der Waals surface area contributed by atoms with Crippen LogP contribution in [0.3, 0.4) is 0 Å². The van der Waals surface area contributed by atoms with Gasteiger partial charge in [-0.25, -0.2) is 4.79 Å². The third-order valence-corrected chi connectivity index (χ3v) is 3.58. The van der Waals surface area contributed by atoms with Gasteiger partial charge in [0.25, 0.3) is 0 Å². The molecule has 1 amide bonds. The first-order valence-electron chi connectivity index (χ1n) is 6.30. The van der Waals surface area contributed by atoms with Crippen LogP contribution in [0, 0.1) is 0 Å². The molecule has 1 aromatic heterocycles. The highest BCUT2D eigenvalue weighted by atomic mass is 79.9. The minimum Gasteiger partial charge on any atom is -0.324 e. The third-order valence-electron chi connectivity index (χ3n) is 2.89. The molecule has 0 saturated carbocycles. The van der Waals surface area contributed by atoms with E-state index in [1.807, 2.05) is 32.0 Å². The standard InChI is InChI=1S/C14H16BrN3O2/c1-10(2)18-8-7-17(14(18)20)9-13(19)16-12-6-4-3-5-11(12)15/h3-8,10H,9H2,1-2H3,(H,16,19). The molecule has 2 rings (SSSR count). The largest absolute Gasteiger partial charge is 0.328 e. The molecule has 1 N–H and O–H groups in total. The summed E-state index contributed by atoms with van der Waals surface area (Å²) >= 11 is 3.36. The SMILES string of the molecule is CC(C)n1ccn(CC(=O)Nc2ccccc2Br)c1=O. The van der Waals surface area contributed by atoms with Gasteiger partial charge in [-0.1, -0.05) is 12.1 Å². The number of amides is 1. The summed E-state index contributed by atoms with van der Waals surface area (Å²) in [7, 11) is 0. The lowest BCUT2D eigenvalue weighted by Crippen LogP contribution is -2.29. The summed E-state index contributed by atoms with van der Waals surface area (Å²) in [5.41, 5.74) is 0.510. The Kier molecular flexibility index (Phi) is 4.44. The summed E-state index contributed by atoms with van der Waals surface area (Å²) < 4.78 is 3.79. The topological polar surface area (TPSA) is 56.0 Å². The summed E-state index contributed by atoms with van der Waals surface area (Å²) in [5.74, 6) is -0.236. The van der Waals surface area contributed by atoms with Crippen LogP contribution >= 0.6 is 15.9 Å². The number of anilines is 1. The summed E-state index contributed by atoms with van der Waals surface area (Å²) in [5, 5.41) is 2.77. The second-order valence-corrected chi connectivity index (χ2v) is 5.59. The predicted octanol–water partition coefficient (Wildman–Crippen LogP) is 2.63. The molecule has 2 aromatic rings. The van der Waals surface area contributed by atoms with E-state index < -0.39 is 0 Å². The molecule has 1 heterocycles. The Hall–Kier alpha value is -1.82. The van der Waals surface area contributed by atoms with Crippen LogP contribution < -0.4 is 11.0 Å². The number of benzene rings is 1. The van der Waals surface area contributed by atoms with Crippen molar-refractivity contribution >= 4 is 27.5 Å². The highest BCUT2D eigenvalue weighted by Crippen LogP contribution is 2.20. The van der Waals surface area contributed by atoms with Gasteiger partial charge in [-0.2, -0.15) is 0 Å². The van der Waals surface area contributed by atoms with E-state index in [4.69, 9.17) is 0 Å². The van der Waals surface area contributed by atoms with Crippen molar-refractivity contribution in [2.45, 2.75) is 26.4 Å². The Labute approximate surface area is 125 Å². The number of imidazole rings is 1. The lowest BCUT2D eigenvalue weighted by atomic mass is 10.3. The highest BCUT2D eigenvalue weighted by Gasteiger charge is 2.10. The van der Waals surface area contributed by atoms with Crippen LogP contribution in [0.25, 0.3) is 0 Å². The van der Waals surface area contributed by atoms with E-state index in [-0.39, 0.29) is 24.2 Å². The minimum absolute atomic E-state index is 0.000111. The molecular weight excluding hydrogens is 322 g/mol. The molecule has 0 aliphatic carbocycles. The van der Waals surface area contributed by atoms with Crippen LogP contribution in [0.4, 0.5) is 5.69 Å². The van der Waals surface area contributed by atoms with Crippen LogP contribution in [0.5, 0.6) is 0 Å². The maximum atomic E-state index is 12.0. The first-order chi connectivity index (χ1) is 9.49. The van der Waals surface area contributed by atoms with Gasteiger partial charge in [0.2, 0.25) is 5.91 Å². The Morgan fingerprint density at radius 3 is 2.60 bits per heavy atom. The average molecular weight is 338 g/mol. The van der Waals surface area contributed by atoms with Gasteiger partial charge >= 0.3 is 5.69 Å². The molecule has 0 spiro atoms. The molecule has 5 nitrogen and oxygen atoms in total. The molecule has 0 radical (unpaired) electrons. The normalized spacial score (nSPS) is 10.8. The zero-order chi connectivity index (χ0) is 14.7. The number of aromatic nitrogens is 2. The number of halogens is 1. The Bertz CT molecular complexity index is 673. The maximum Gasteiger partial charge on any atom is 0.328 e. The van der Waals surface area contributed by atoms with Crippen molar-refractivity contribution in [3.63, 3.8) is 0 Å². The predicted molar refractivity (Wildman–Crippen MR) is 81.8 cm³/mol. The van der Waals surface area contributed by atoms with E-state index in [1.54, 1.807) is 23.0 Å². The minimum atomic E-state index is -0.236. The van der Waals surface area contributed by atoms with Crippen molar-refractivity contribution in [3.8, 4) is 0 Å². The number of hydrogen-bond acceptors (Lipinski definition) is 2. The van der Waals surface area contributed by atoms with Crippen molar-refractivity contribution < 1.29 is 4.79 Å². The summed E-state index contributed by atoms with van der Waals surface area (Å²) in [6.45, 7) is 3.85. The van der Waals surface area contributed by atoms with E-state index in [1.165, 1.54) is 4.57 Å². The molecule has 6 heteroatoms. The van der Waals surface area contributed by atoms with Gasteiger partial charge in [0.05, 0.1) is 5.69 Å². The number of hydrogen-bond donors (Lipinski definition) is 1. The zero-order valence-corrected chi connectivity index (χ0v) is 12.9. The highest BCUT2D eigenvalue weighted by molar-refractivity contribution is 9.10. The lowest BCUT2D eigenvalue weighted by Gasteiger charge is -2.07. The summed E-state index contributed by atoms with van der Waals surface area (Å²) in [6.07, 6.45) is 3.32. The monoisotopic (exact) mass is 337 g/mol. The molecule has 20 heavy (non-hydrogen) atoms. The van der Waals surface area contributed by atoms with Crippen LogP contribution in [-0.4, -0.2) is 15.0 Å². The van der Waals surface area contributed by atoms with Crippen molar-refractivity contribution in [2.24, 2.45) is 0 Å². The number of rotatable bonds is 4. The van der Waals surface area contributed by atoms with Gasteiger partial charge in [-0.05, 0) is 41.9 Å². The number of nitrogens with one attached hydrogen (secondary N) is 1. The van der Waals surface area contributed by atoms with Gasteiger partial charge in [0.15, 0.2) is 0 Å². The molecule has 106 valence electrons. The molecule has 0 aliphatic rings. The molecule has 0 atom stereocenters. The number of para-hydroxylation sites is 1. The van der Waals surface area contributed by atoms with E-state index in [0.717, 1.165) is 4.47 Å². The first-order valence-corrected chi connectivity index (χ1v) is 7.10. The van der Waals surface area contributed by atoms with Crippen molar-refractivity contribution in [1.82, 2.24) is 9.13 Å². The van der Waals surface area contributed by atoms with Gasteiger partial charge < -0.3 is 5.32 Å². The van der Waals surface area contributed by atoms with Gasteiger partial charge in [-0.15, -0.1) is 0 Å². The fourth-order valence-corrected chi connectivity index (χ4v) is 2.23. The van der Waals surface area contributed by atoms with Gasteiger partial charge in [-0.3, -0.25) is 13.9 Å². The average Bonchev–Trinajstić information content (AvgIpc) is 2.74. The Balaban J connectivity index is 2.09. The molecule has 0 bridgehead atoms. The van der Waals surface area contributed by atoms with E-state index in [9.17, 15) is 9.59 Å². The van der Waals surface area contributed by atoms with Crippen molar-refractivity contribution in [1.29, 1.82) is 0 Å². The summed E-state index contributed by atoms with van der Waals surface area (Å²) in [6, 6.07) is 7.42. The van der Waals surface area contributed by atoms with E-state index >= 15 is 0 Å². The zero-order valence-electron chi connectivity index (χ0n) is 11.3. The van der Waals surface area contributed by atoms with Gasteiger partial charge in [0, 0.05) is 22.9 Å². The number of nitrogens with zero attached hydrogens (tertiary/aromatic N) is 2. The second kappa shape index (κ2) is 6.09. The van der Waals surface area contributed by atoms with Crippen LogP contribution in [0.2, 0.25) is 0 Å². The Morgan fingerprint density at radius 1 is 1.30 bits per heavy atom. The number of carbonyl (C=O) groups is 1. The first kappa shape index (κ1) is 14.6. The van der Waals surface area contributed by atoms with Crippen LogP contribution in [0.15, 0.2) is 45.9 Å². The maximum absolute atomic E-state index is 12.0. The molecular formula is C14H16BrN3O2. The number of carbonyl (C=O) groups excluding carboxylic acids is 1. The van der Waals surface area contributed by atoms with Crippen molar-refractivity contribution in [2.75, 3.05) is 5.32 Å². The quantitative estimate of drug-likeness (QED) is 0.932. The Morgan fingerprint density at radius 2 is 2.00 bits per heavy atom. The van der Waals surface area contributed by atoms with E-state index in [0.29, 0.717) is 5.69 Å². The van der Waals surface area contributed by atoms with Crippen LogP contribution in [-0.2, 0) is 11.3 Å². The van der Waals surface area contributed by atoms with Gasteiger partial charge in [0.1, 0.15) is 6.54 Å². The van der Waals surface area contributed by atoms with E-state index in [2.05, 4.69) is 21.2 Å². The molecule has 1 aromatic carbocycles. The second-order valence-electron chi connectivity index (χ2n) is 4.74. The van der Waals surface area contributed by atoms with Crippen molar-refractivity contribution in [3.05, 3.63) is 51.6 Å². The third kappa shape index (κ3) is 3.19.